The molecule has 0 radical (unpaired) electrons. The first-order valence-electron chi connectivity index (χ1n) is 5.58. The zero-order valence-corrected chi connectivity index (χ0v) is 11.0. The van der Waals surface area contributed by atoms with E-state index in [1.165, 1.54) is 6.26 Å². The fraction of sp³-hybridized carbons (Fsp3) is 0.500. The Morgan fingerprint density at radius 1 is 1.29 bits per heavy atom. The van der Waals surface area contributed by atoms with Gasteiger partial charge in [-0.3, -0.25) is 0 Å². The van der Waals surface area contributed by atoms with Gasteiger partial charge in [0.05, 0.1) is 17.5 Å². The van der Waals surface area contributed by atoms with Gasteiger partial charge in [-0.15, -0.1) is 0 Å². The van der Waals surface area contributed by atoms with Crippen molar-refractivity contribution in [1.29, 1.82) is 0 Å². The number of ether oxygens (including phenoxy) is 1. The van der Waals surface area contributed by atoms with E-state index in [0.29, 0.717) is 18.1 Å². The average Bonchev–Trinajstić information content (AvgIpc) is 2.28. The van der Waals surface area contributed by atoms with Gasteiger partial charge in [-0.2, -0.15) is 0 Å². The van der Waals surface area contributed by atoms with Crippen LogP contribution in [0.5, 0.6) is 0 Å². The summed E-state index contributed by atoms with van der Waals surface area (Å²) in [6.07, 6.45) is 2.14. The van der Waals surface area contributed by atoms with Gasteiger partial charge in [-0.1, -0.05) is 19.1 Å². The van der Waals surface area contributed by atoms with Crippen molar-refractivity contribution in [3.8, 4) is 0 Å². The first kappa shape index (κ1) is 14.2. The quantitative estimate of drug-likeness (QED) is 0.784. The molecule has 1 rings (SSSR count). The van der Waals surface area contributed by atoms with Crippen molar-refractivity contribution < 1.29 is 13.2 Å². The number of hydrogen-bond donors (Lipinski definition) is 1. The second kappa shape index (κ2) is 6.14. The first-order chi connectivity index (χ1) is 7.95. The van der Waals surface area contributed by atoms with Crippen molar-refractivity contribution in [2.24, 2.45) is 5.73 Å². The Morgan fingerprint density at radius 3 is 2.35 bits per heavy atom. The molecular formula is C12H19NO3S. The number of sulfone groups is 1. The van der Waals surface area contributed by atoms with E-state index in [0.717, 1.165) is 12.0 Å². The third-order valence-electron chi connectivity index (χ3n) is 2.38. The molecule has 0 saturated carbocycles. The molecule has 96 valence electrons. The summed E-state index contributed by atoms with van der Waals surface area (Å²) in [6, 6.07) is 6.40. The SMILES string of the molecule is CCCOCC(N)c1ccc(S(C)(=O)=O)cc1. The van der Waals surface area contributed by atoms with Crippen molar-refractivity contribution in [3.63, 3.8) is 0 Å². The van der Waals surface area contributed by atoms with Gasteiger partial charge in [0.2, 0.25) is 0 Å². The molecule has 1 unspecified atom stereocenters. The van der Waals surface area contributed by atoms with Crippen LogP contribution in [0.1, 0.15) is 24.9 Å². The predicted octanol–water partition coefficient (Wildman–Crippen LogP) is 1.52. The van der Waals surface area contributed by atoms with Gasteiger partial charge < -0.3 is 10.5 Å². The van der Waals surface area contributed by atoms with Crippen LogP contribution in [0.3, 0.4) is 0 Å². The third-order valence-corrected chi connectivity index (χ3v) is 3.51. The second-order valence-electron chi connectivity index (χ2n) is 4.02. The van der Waals surface area contributed by atoms with Crippen LogP contribution in [-0.2, 0) is 14.6 Å². The number of benzene rings is 1. The lowest BCUT2D eigenvalue weighted by Crippen LogP contribution is -2.17. The minimum absolute atomic E-state index is 0.213. The topological polar surface area (TPSA) is 69.4 Å². The van der Waals surface area contributed by atoms with Crippen LogP contribution in [0.4, 0.5) is 0 Å². The molecule has 0 fully saturated rings. The van der Waals surface area contributed by atoms with Crippen LogP contribution in [-0.4, -0.2) is 27.9 Å². The maximum Gasteiger partial charge on any atom is 0.175 e. The molecule has 1 atom stereocenters. The van der Waals surface area contributed by atoms with Crippen LogP contribution in [0.2, 0.25) is 0 Å². The van der Waals surface area contributed by atoms with Gasteiger partial charge >= 0.3 is 0 Å². The van der Waals surface area contributed by atoms with Crippen molar-refractivity contribution >= 4 is 9.84 Å². The molecule has 0 heterocycles. The molecule has 1 aromatic carbocycles. The van der Waals surface area contributed by atoms with E-state index in [4.69, 9.17) is 10.5 Å². The Labute approximate surface area is 103 Å². The van der Waals surface area contributed by atoms with Crippen LogP contribution in [0.15, 0.2) is 29.2 Å². The van der Waals surface area contributed by atoms with Crippen molar-refractivity contribution in [3.05, 3.63) is 29.8 Å². The molecule has 0 spiro atoms. The lowest BCUT2D eigenvalue weighted by Gasteiger charge is -2.12. The standard InChI is InChI=1S/C12H19NO3S/c1-3-8-16-9-12(13)10-4-6-11(7-5-10)17(2,14)15/h4-7,12H,3,8-9,13H2,1-2H3. The summed E-state index contributed by atoms with van der Waals surface area (Å²) in [5.41, 5.74) is 6.80. The van der Waals surface area contributed by atoms with Gasteiger partial charge in [0.1, 0.15) is 0 Å². The Balaban J connectivity index is 2.67. The van der Waals surface area contributed by atoms with Gasteiger partial charge in [-0.25, -0.2) is 8.42 Å². The lowest BCUT2D eigenvalue weighted by atomic mass is 10.1. The highest BCUT2D eigenvalue weighted by Gasteiger charge is 2.09. The minimum Gasteiger partial charge on any atom is -0.379 e. The number of hydrogen-bond acceptors (Lipinski definition) is 4. The van der Waals surface area contributed by atoms with E-state index in [1.807, 2.05) is 6.92 Å². The largest absolute Gasteiger partial charge is 0.379 e. The maximum absolute atomic E-state index is 11.3. The fourth-order valence-corrected chi connectivity index (χ4v) is 2.04. The molecule has 1 aromatic rings. The molecule has 0 aliphatic rings. The van der Waals surface area contributed by atoms with E-state index >= 15 is 0 Å². The summed E-state index contributed by atoms with van der Waals surface area (Å²) >= 11 is 0. The smallest absolute Gasteiger partial charge is 0.175 e. The lowest BCUT2D eigenvalue weighted by molar-refractivity contribution is 0.121. The van der Waals surface area contributed by atoms with Crippen molar-refractivity contribution in [2.45, 2.75) is 24.3 Å². The molecule has 0 bridgehead atoms. The van der Waals surface area contributed by atoms with Gasteiger partial charge in [0, 0.05) is 12.9 Å². The van der Waals surface area contributed by atoms with Gasteiger partial charge in [0.15, 0.2) is 9.84 Å². The van der Waals surface area contributed by atoms with Crippen LogP contribution in [0.25, 0.3) is 0 Å². The normalized spacial score (nSPS) is 13.6. The zero-order chi connectivity index (χ0) is 12.9. The Morgan fingerprint density at radius 2 is 1.88 bits per heavy atom. The van der Waals surface area contributed by atoms with E-state index in [-0.39, 0.29) is 6.04 Å². The highest BCUT2D eigenvalue weighted by Crippen LogP contribution is 2.15. The van der Waals surface area contributed by atoms with Gasteiger partial charge in [-0.05, 0) is 24.1 Å². The summed E-state index contributed by atoms with van der Waals surface area (Å²) in [5.74, 6) is 0. The Kier molecular flexibility index (Phi) is 5.11. The number of nitrogens with two attached hydrogens (primary N) is 1. The predicted molar refractivity (Wildman–Crippen MR) is 67.6 cm³/mol. The maximum atomic E-state index is 11.3. The van der Waals surface area contributed by atoms with E-state index in [1.54, 1.807) is 24.3 Å². The van der Waals surface area contributed by atoms with Crippen LogP contribution >= 0.6 is 0 Å². The van der Waals surface area contributed by atoms with E-state index in [9.17, 15) is 8.42 Å². The van der Waals surface area contributed by atoms with Crippen molar-refractivity contribution in [2.75, 3.05) is 19.5 Å². The third kappa shape index (κ3) is 4.46. The first-order valence-corrected chi connectivity index (χ1v) is 7.47. The summed E-state index contributed by atoms with van der Waals surface area (Å²) in [4.78, 5) is 0.308. The molecule has 2 N–H and O–H groups in total. The average molecular weight is 257 g/mol. The molecule has 17 heavy (non-hydrogen) atoms. The highest BCUT2D eigenvalue weighted by molar-refractivity contribution is 7.90. The Bertz CT molecular complexity index is 439. The zero-order valence-electron chi connectivity index (χ0n) is 10.2. The summed E-state index contributed by atoms with van der Waals surface area (Å²) in [7, 11) is -3.14. The molecular weight excluding hydrogens is 238 g/mol. The highest BCUT2D eigenvalue weighted by atomic mass is 32.2. The summed E-state index contributed by atoms with van der Waals surface area (Å²) in [6.45, 7) is 3.17. The molecule has 5 heteroatoms. The molecule has 0 aliphatic carbocycles. The monoisotopic (exact) mass is 257 g/mol. The van der Waals surface area contributed by atoms with E-state index in [2.05, 4.69) is 0 Å². The van der Waals surface area contributed by atoms with Crippen molar-refractivity contribution in [1.82, 2.24) is 0 Å². The van der Waals surface area contributed by atoms with Crippen LogP contribution < -0.4 is 5.73 Å². The van der Waals surface area contributed by atoms with E-state index < -0.39 is 9.84 Å². The summed E-state index contributed by atoms with van der Waals surface area (Å²) in [5, 5.41) is 0. The molecule has 0 aromatic heterocycles. The van der Waals surface area contributed by atoms with Crippen LogP contribution in [0, 0.1) is 0 Å². The fourth-order valence-electron chi connectivity index (χ4n) is 1.41. The van der Waals surface area contributed by atoms with Gasteiger partial charge in [0.25, 0.3) is 0 Å². The second-order valence-corrected chi connectivity index (χ2v) is 6.04. The molecule has 0 amide bonds. The number of rotatable bonds is 6. The molecule has 0 aliphatic heterocycles. The summed E-state index contributed by atoms with van der Waals surface area (Å²) < 4.78 is 27.9. The Hall–Kier alpha value is -0.910. The minimum atomic E-state index is -3.14. The molecule has 4 nitrogen and oxygen atoms in total. The molecule has 0 saturated heterocycles.